The molecule has 1 radical (unpaired) electrons. The van der Waals surface area contributed by atoms with Crippen molar-refractivity contribution in [1.29, 1.82) is 0 Å². The van der Waals surface area contributed by atoms with E-state index >= 15 is 0 Å². The summed E-state index contributed by atoms with van der Waals surface area (Å²) in [6.45, 7) is 2.17. The Morgan fingerprint density at radius 3 is 3.00 bits per heavy atom. The Morgan fingerprint density at radius 2 is 2.40 bits per heavy atom. The van der Waals surface area contributed by atoms with Crippen molar-refractivity contribution in [3.63, 3.8) is 0 Å². The molecular formula is C9H11S. The minimum absolute atomic E-state index is 1.09. The largest absolute Gasteiger partial charge is 0.157 e. The van der Waals surface area contributed by atoms with Gasteiger partial charge in [0.1, 0.15) is 0 Å². The number of rotatable bonds is 3. The maximum Gasteiger partial charge on any atom is 0.0190 e. The summed E-state index contributed by atoms with van der Waals surface area (Å²) in [7, 11) is 0. The fraction of sp³-hybridized carbons (Fsp3) is 0.333. The van der Waals surface area contributed by atoms with E-state index in [0.717, 1.165) is 5.75 Å². The Hall–Kier alpha value is -0.430. The van der Waals surface area contributed by atoms with Crippen molar-refractivity contribution >= 4 is 11.8 Å². The fourth-order valence-electron chi connectivity index (χ4n) is 0.732. The van der Waals surface area contributed by atoms with Crippen LogP contribution in [-0.2, 0) is 5.75 Å². The molecule has 53 valence electrons. The van der Waals surface area contributed by atoms with Crippen LogP contribution in [0.15, 0.2) is 24.3 Å². The minimum atomic E-state index is 1.09. The molecule has 0 bridgehead atoms. The lowest BCUT2D eigenvalue weighted by Gasteiger charge is -1.95. The molecule has 1 aromatic carbocycles. The molecular weight excluding hydrogens is 140 g/mol. The van der Waals surface area contributed by atoms with Gasteiger partial charge in [0.25, 0.3) is 0 Å². The van der Waals surface area contributed by atoms with Crippen LogP contribution in [0.25, 0.3) is 0 Å². The van der Waals surface area contributed by atoms with Crippen molar-refractivity contribution in [2.75, 3.05) is 5.75 Å². The first-order valence-electron chi connectivity index (χ1n) is 3.47. The molecule has 1 aromatic rings. The van der Waals surface area contributed by atoms with Crippen LogP contribution < -0.4 is 0 Å². The quantitative estimate of drug-likeness (QED) is 0.640. The lowest BCUT2D eigenvalue weighted by molar-refractivity contribution is 1.39. The predicted molar refractivity (Wildman–Crippen MR) is 47.1 cm³/mol. The summed E-state index contributed by atoms with van der Waals surface area (Å²) in [4.78, 5) is 0. The first kappa shape index (κ1) is 7.67. The summed E-state index contributed by atoms with van der Waals surface area (Å²) in [6, 6.07) is 11.3. The first-order chi connectivity index (χ1) is 4.93. The summed E-state index contributed by atoms with van der Waals surface area (Å²) in [5.74, 6) is 2.28. The van der Waals surface area contributed by atoms with Crippen LogP contribution in [0.2, 0.25) is 0 Å². The van der Waals surface area contributed by atoms with E-state index in [9.17, 15) is 0 Å². The summed E-state index contributed by atoms with van der Waals surface area (Å²) in [5.41, 5.74) is 1.30. The van der Waals surface area contributed by atoms with E-state index in [1.807, 2.05) is 23.9 Å². The summed E-state index contributed by atoms with van der Waals surface area (Å²) >= 11 is 1.93. The van der Waals surface area contributed by atoms with E-state index < -0.39 is 0 Å². The van der Waals surface area contributed by atoms with E-state index in [1.54, 1.807) is 0 Å². The maximum absolute atomic E-state index is 3.18. The summed E-state index contributed by atoms with van der Waals surface area (Å²) < 4.78 is 0. The zero-order valence-electron chi connectivity index (χ0n) is 6.13. The van der Waals surface area contributed by atoms with Gasteiger partial charge in [0.05, 0.1) is 0 Å². The number of thioether (sulfide) groups is 1. The van der Waals surface area contributed by atoms with Crippen molar-refractivity contribution in [1.82, 2.24) is 0 Å². The SMILES string of the molecule is CCSCc1[c]cccc1. The molecule has 0 atom stereocenters. The smallest absolute Gasteiger partial charge is 0.0190 e. The highest BCUT2D eigenvalue weighted by Gasteiger charge is 1.88. The summed E-state index contributed by atoms with van der Waals surface area (Å²) in [5, 5.41) is 0. The Morgan fingerprint density at radius 1 is 1.50 bits per heavy atom. The van der Waals surface area contributed by atoms with Crippen molar-refractivity contribution in [3.8, 4) is 0 Å². The van der Waals surface area contributed by atoms with Gasteiger partial charge < -0.3 is 0 Å². The van der Waals surface area contributed by atoms with Crippen molar-refractivity contribution < 1.29 is 0 Å². The molecule has 0 saturated heterocycles. The lowest BCUT2D eigenvalue weighted by Crippen LogP contribution is -1.78. The van der Waals surface area contributed by atoms with Gasteiger partial charge in [-0.2, -0.15) is 11.8 Å². The third-order valence-corrected chi connectivity index (χ3v) is 2.16. The van der Waals surface area contributed by atoms with E-state index in [-0.39, 0.29) is 0 Å². The van der Waals surface area contributed by atoms with Crippen LogP contribution in [0.1, 0.15) is 12.5 Å². The molecule has 0 aliphatic carbocycles. The number of hydrogen-bond donors (Lipinski definition) is 0. The molecule has 0 heterocycles. The number of benzene rings is 1. The van der Waals surface area contributed by atoms with Gasteiger partial charge in [-0.3, -0.25) is 0 Å². The molecule has 1 rings (SSSR count). The normalized spacial score (nSPS) is 9.70. The van der Waals surface area contributed by atoms with E-state index in [4.69, 9.17) is 0 Å². The topological polar surface area (TPSA) is 0 Å². The van der Waals surface area contributed by atoms with Gasteiger partial charge in [-0.25, -0.2) is 0 Å². The van der Waals surface area contributed by atoms with Gasteiger partial charge in [0.2, 0.25) is 0 Å². The Labute approximate surface area is 66.6 Å². The molecule has 0 unspecified atom stereocenters. The Kier molecular flexibility index (Phi) is 3.37. The second-order valence-corrected chi connectivity index (χ2v) is 3.30. The van der Waals surface area contributed by atoms with Crippen LogP contribution in [0.4, 0.5) is 0 Å². The van der Waals surface area contributed by atoms with Crippen LogP contribution in [0.3, 0.4) is 0 Å². The Balaban J connectivity index is 2.43. The highest BCUT2D eigenvalue weighted by molar-refractivity contribution is 7.98. The molecule has 0 fully saturated rings. The second kappa shape index (κ2) is 4.40. The lowest BCUT2D eigenvalue weighted by atomic mass is 10.2. The standard InChI is InChI=1S/C9H11S/c1-2-10-8-9-6-4-3-5-7-9/h3-6H,2,8H2,1H3. The second-order valence-electron chi connectivity index (χ2n) is 2.02. The van der Waals surface area contributed by atoms with Crippen LogP contribution in [0, 0.1) is 6.07 Å². The molecule has 0 nitrogen and oxygen atoms in total. The molecule has 0 spiro atoms. The van der Waals surface area contributed by atoms with Gasteiger partial charge in [0, 0.05) is 5.75 Å². The Bertz CT molecular complexity index is 169. The molecule has 0 aromatic heterocycles. The zero-order valence-corrected chi connectivity index (χ0v) is 6.95. The molecule has 1 heteroatoms. The van der Waals surface area contributed by atoms with Crippen molar-refractivity contribution in [3.05, 3.63) is 35.9 Å². The van der Waals surface area contributed by atoms with E-state index in [1.165, 1.54) is 11.3 Å². The highest BCUT2D eigenvalue weighted by Crippen LogP contribution is 2.09. The van der Waals surface area contributed by atoms with E-state index in [0.29, 0.717) is 0 Å². The highest BCUT2D eigenvalue weighted by atomic mass is 32.2. The van der Waals surface area contributed by atoms with Crippen LogP contribution in [0.5, 0.6) is 0 Å². The average molecular weight is 151 g/mol. The maximum atomic E-state index is 3.18. The fourth-order valence-corrected chi connectivity index (χ4v) is 1.34. The van der Waals surface area contributed by atoms with Gasteiger partial charge in [-0.05, 0) is 17.4 Å². The third-order valence-electron chi connectivity index (χ3n) is 1.24. The van der Waals surface area contributed by atoms with Crippen LogP contribution >= 0.6 is 11.8 Å². The van der Waals surface area contributed by atoms with Gasteiger partial charge in [-0.15, -0.1) is 0 Å². The molecule has 0 amide bonds. The van der Waals surface area contributed by atoms with Crippen molar-refractivity contribution in [2.45, 2.75) is 12.7 Å². The number of hydrogen-bond acceptors (Lipinski definition) is 1. The molecule has 10 heavy (non-hydrogen) atoms. The third kappa shape index (κ3) is 2.44. The minimum Gasteiger partial charge on any atom is -0.157 e. The monoisotopic (exact) mass is 151 g/mol. The molecule has 0 aliphatic heterocycles. The summed E-state index contributed by atoms with van der Waals surface area (Å²) in [6.07, 6.45) is 0. The van der Waals surface area contributed by atoms with Gasteiger partial charge in [-0.1, -0.05) is 31.2 Å². The van der Waals surface area contributed by atoms with Gasteiger partial charge in [0.15, 0.2) is 0 Å². The molecule has 0 saturated carbocycles. The van der Waals surface area contributed by atoms with Crippen molar-refractivity contribution in [2.24, 2.45) is 0 Å². The average Bonchev–Trinajstić information content (AvgIpc) is 2.03. The zero-order chi connectivity index (χ0) is 7.23. The molecule has 0 N–H and O–H groups in total. The van der Waals surface area contributed by atoms with E-state index in [2.05, 4.69) is 25.1 Å². The predicted octanol–water partition coefficient (Wildman–Crippen LogP) is 2.74. The van der Waals surface area contributed by atoms with Gasteiger partial charge >= 0.3 is 0 Å². The van der Waals surface area contributed by atoms with Crippen LogP contribution in [-0.4, -0.2) is 5.75 Å². The molecule has 0 aliphatic rings. The first-order valence-corrected chi connectivity index (χ1v) is 4.62.